The molecule has 4 aromatic rings. The first-order chi connectivity index (χ1) is 13.9. The molecule has 0 atom stereocenters. The number of halogens is 2. The van der Waals surface area contributed by atoms with E-state index >= 15 is 0 Å². The molecule has 0 unspecified atom stereocenters. The van der Waals surface area contributed by atoms with E-state index in [9.17, 15) is 18.4 Å². The molecule has 0 aliphatic rings. The zero-order chi connectivity index (χ0) is 20.7. The van der Waals surface area contributed by atoms with Gasteiger partial charge in [0, 0.05) is 24.4 Å². The molecule has 4 rings (SSSR count). The highest BCUT2D eigenvalue weighted by atomic mass is 19.1. The second-order valence-corrected chi connectivity index (χ2v) is 6.50. The average Bonchev–Trinajstić information content (AvgIpc) is 2.98. The minimum atomic E-state index is -0.951. The minimum Gasteiger partial charge on any atom is -0.407 e. The Balaban J connectivity index is 1.63. The van der Waals surface area contributed by atoms with Crippen molar-refractivity contribution in [3.8, 4) is 11.1 Å². The fraction of sp³-hybridized carbons (Fsp3) is 0.0952. The number of amides is 1. The summed E-state index contributed by atoms with van der Waals surface area (Å²) in [4.78, 5) is 28.1. The van der Waals surface area contributed by atoms with E-state index < -0.39 is 28.9 Å². The summed E-state index contributed by atoms with van der Waals surface area (Å²) in [5.41, 5.74) is 2.80. The van der Waals surface area contributed by atoms with Gasteiger partial charge in [-0.25, -0.2) is 18.6 Å². The smallest absolute Gasteiger partial charge is 0.407 e. The van der Waals surface area contributed by atoms with Crippen LogP contribution in [0.25, 0.3) is 22.2 Å². The van der Waals surface area contributed by atoms with Crippen molar-refractivity contribution < 1.29 is 18.0 Å². The Morgan fingerprint density at radius 3 is 2.48 bits per heavy atom. The molecule has 1 amide bonds. The van der Waals surface area contributed by atoms with Crippen molar-refractivity contribution >= 4 is 22.8 Å². The third-order valence-electron chi connectivity index (χ3n) is 4.72. The largest absolute Gasteiger partial charge is 0.419 e. The molecular formula is C21H15F2N3O3. The third kappa shape index (κ3) is 3.18. The Hall–Kier alpha value is -3.81. The number of aromatic nitrogens is 2. The highest BCUT2D eigenvalue weighted by molar-refractivity contribution is 6.04. The monoisotopic (exact) mass is 395 g/mol. The Labute approximate surface area is 163 Å². The minimum absolute atomic E-state index is 0.145. The van der Waals surface area contributed by atoms with Gasteiger partial charge in [0.05, 0.1) is 5.52 Å². The van der Waals surface area contributed by atoms with Crippen molar-refractivity contribution in [2.24, 2.45) is 7.05 Å². The summed E-state index contributed by atoms with van der Waals surface area (Å²) in [6.45, 7) is 1.83. The predicted molar refractivity (Wildman–Crippen MR) is 104 cm³/mol. The molecule has 6 nitrogen and oxygen atoms in total. The molecule has 0 aliphatic heterocycles. The summed E-state index contributed by atoms with van der Waals surface area (Å²) in [5, 5.41) is 2.38. The van der Waals surface area contributed by atoms with Crippen LogP contribution in [0.15, 0.2) is 57.9 Å². The zero-order valence-corrected chi connectivity index (χ0v) is 15.5. The molecule has 2 aromatic carbocycles. The maximum absolute atomic E-state index is 13.7. The van der Waals surface area contributed by atoms with Gasteiger partial charge < -0.3 is 9.73 Å². The van der Waals surface area contributed by atoms with Crippen LogP contribution in [0.2, 0.25) is 0 Å². The number of hydrogen-bond donors (Lipinski definition) is 1. The van der Waals surface area contributed by atoms with Gasteiger partial charge >= 0.3 is 5.76 Å². The van der Waals surface area contributed by atoms with Gasteiger partial charge in [0.25, 0.3) is 5.91 Å². The molecule has 2 aromatic heterocycles. The van der Waals surface area contributed by atoms with Gasteiger partial charge in [-0.05, 0) is 42.8 Å². The van der Waals surface area contributed by atoms with Crippen LogP contribution in [0, 0.1) is 18.6 Å². The lowest BCUT2D eigenvalue weighted by molar-refractivity contribution is 0.101. The maximum Gasteiger partial charge on any atom is 0.419 e. The van der Waals surface area contributed by atoms with Crippen LogP contribution in [-0.2, 0) is 7.05 Å². The SMILES string of the molecule is Cc1c(-c2ccc(NC(=O)c3c(F)cccc3F)nc2)ccc2c1oc(=O)n2C. The van der Waals surface area contributed by atoms with Crippen molar-refractivity contribution in [3.05, 3.63) is 82.0 Å². The molecular weight excluding hydrogens is 380 g/mol. The molecule has 29 heavy (non-hydrogen) atoms. The van der Waals surface area contributed by atoms with Crippen LogP contribution < -0.4 is 11.1 Å². The van der Waals surface area contributed by atoms with E-state index in [4.69, 9.17) is 4.42 Å². The second kappa shape index (κ2) is 6.97. The Bertz CT molecular complexity index is 1290. The summed E-state index contributed by atoms with van der Waals surface area (Å²) in [6.07, 6.45) is 1.52. The molecule has 0 aliphatic carbocycles. The van der Waals surface area contributed by atoms with Crippen molar-refractivity contribution in [1.29, 1.82) is 0 Å². The maximum atomic E-state index is 13.7. The topological polar surface area (TPSA) is 77.1 Å². The van der Waals surface area contributed by atoms with Crippen molar-refractivity contribution in [1.82, 2.24) is 9.55 Å². The van der Waals surface area contributed by atoms with E-state index in [-0.39, 0.29) is 5.82 Å². The summed E-state index contributed by atoms with van der Waals surface area (Å²) < 4.78 is 34.2. The number of pyridine rings is 1. The lowest BCUT2D eigenvalue weighted by Gasteiger charge is -2.09. The Morgan fingerprint density at radius 2 is 1.83 bits per heavy atom. The van der Waals surface area contributed by atoms with Crippen molar-refractivity contribution in [2.45, 2.75) is 6.92 Å². The van der Waals surface area contributed by atoms with Gasteiger partial charge in [0.2, 0.25) is 0 Å². The van der Waals surface area contributed by atoms with Gasteiger partial charge in [0.15, 0.2) is 5.58 Å². The molecule has 0 spiro atoms. The second-order valence-electron chi connectivity index (χ2n) is 6.50. The van der Waals surface area contributed by atoms with Crippen LogP contribution in [0.5, 0.6) is 0 Å². The molecule has 0 bridgehead atoms. The molecule has 2 heterocycles. The van der Waals surface area contributed by atoms with E-state index in [0.717, 1.165) is 28.8 Å². The number of rotatable bonds is 3. The molecule has 0 saturated carbocycles. The number of nitrogens with zero attached hydrogens (tertiary/aromatic N) is 2. The first-order valence-electron chi connectivity index (χ1n) is 8.67. The normalized spacial score (nSPS) is 11.0. The summed E-state index contributed by atoms with van der Waals surface area (Å²) >= 11 is 0. The quantitative estimate of drug-likeness (QED) is 0.568. The summed E-state index contributed by atoms with van der Waals surface area (Å²) in [5.74, 6) is -3.13. The van der Waals surface area contributed by atoms with Crippen LogP contribution >= 0.6 is 0 Å². The van der Waals surface area contributed by atoms with Gasteiger partial charge in [-0.3, -0.25) is 9.36 Å². The highest BCUT2D eigenvalue weighted by Crippen LogP contribution is 2.29. The van der Waals surface area contributed by atoms with Gasteiger partial charge in [-0.15, -0.1) is 0 Å². The van der Waals surface area contributed by atoms with Crippen LogP contribution in [0.1, 0.15) is 15.9 Å². The number of benzene rings is 2. The molecule has 0 saturated heterocycles. The number of aryl methyl sites for hydroxylation is 2. The fourth-order valence-electron chi connectivity index (χ4n) is 3.16. The van der Waals surface area contributed by atoms with Gasteiger partial charge in [-0.2, -0.15) is 0 Å². The predicted octanol–water partition coefficient (Wildman–Crippen LogP) is 4.03. The van der Waals surface area contributed by atoms with E-state index in [1.165, 1.54) is 22.9 Å². The van der Waals surface area contributed by atoms with Crippen molar-refractivity contribution in [3.63, 3.8) is 0 Å². The first-order valence-corrected chi connectivity index (χ1v) is 8.67. The number of oxazole rings is 1. The van der Waals surface area contributed by atoms with Crippen molar-refractivity contribution in [2.75, 3.05) is 5.32 Å². The van der Waals surface area contributed by atoms with E-state index in [2.05, 4.69) is 10.3 Å². The molecule has 1 N–H and O–H groups in total. The van der Waals surface area contributed by atoms with Gasteiger partial charge in [0.1, 0.15) is 23.0 Å². The van der Waals surface area contributed by atoms with Gasteiger partial charge in [-0.1, -0.05) is 12.1 Å². The first kappa shape index (κ1) is 18.5. The summed E-state index contributed by atoms with van der Waals surface area (Å²) in [6, 6.07) is 10.1. The highest BCUT2D eigenvalue weighted by Gasteiger charge is 2.18. The Kier molecular flexibility index (Phi) is 4.46. The number of fused-ring (bicyclic) bond motifs is 1. The number of carbonyl (C=O) groups excluding carboxylic acids is 1. The molecule has 0 fully saturated rings. The molecule has 0 radical (unpaired) electrons. The van der Waals surface area contributed by atoms with E-state index in [0.29, 0.717) is 11.1 Å². The third-order valence-corrected chi connectivity index (χ3v) is 4.72. The van der Waals surface area contributed by atoms with E-state index in [1.54, 1.807) is 19.2 Å². The zero-order valence-electron chi connectivity index (χ0n) is 15.5. The lowest BCUT2D eigenvalue weighted by atomic mass is 10.0. The van der Waals surface area contributed by atoms with Crippen LogP contribution in [0.3, 0.4) is 0 Å². The van der Waals surface area contributed by atoms with Crippen LogP contribution in [-0.4, -0.2) is 15.5 Å². The van der Waals surface area contributed by atoms with E-state index in [1.807, 2.05) is 13.0 Å². The Morgan fingerprint density at radius 1 is 1.10 bits per heavy atom. The van der Waals surface area contributed by atoms with Crippen LogP contribution in [0.4, 0.5) is 14.6 Å². The number of anilines is 1. The number of carbonyl (C=O) groups is 1. The lowest BCUT2D eigenvalue weighted by Crippen LogP contribution is -2.16. The molecule has 146 valence electrons. The summed E-state index contributed by atoms with van der Waals surface area (Å²) in [7, 11) is 1.63. The number of nitrogens with one attached hydrogen (secondary N) is 1. The standard InChI is InChI=1S/C21H15F2N3O3/c1-11-13(7-8-16-19(11)29-21(28)26(16)2)12-6-9-17(24-10-12)25-20(27)18-14(22)4-3-5-15(18)23/h3-10H,1-2H3,(H,24,25,27). The number of hydrogen-bond acceptors (Lipinski definition) is 4. The fourth-order valence-corrected chi connectivity index (χ4v) is 3.16. The average molecular weight is 395 g/mol. The molecule has 8 heteroatoms.